The number of halogens is 2. The van der Waals surface area contributed by atoms with E-state index < -0.39 is 0 Å². The predicted molar refractivity (Wildman–Crippen MR) is 68.7 cm³/mol. The fraction of sp³-hybridized carbons (Fsp3) is 0.385. The Hall–Kier alpha value is -1.22. The smallest absolute Gasteiger partial charge is 0.141 e. The van der Waals surface area contributed by atoms with Crippen LogP contribution in [-0.2, 0) is 9.59 Å². The second kappa shape index (κ2) is 11.3. The molecule has 0 aliphatic heterocycles. The highest BCUT2D eigenvalue weighted by Crippen LogP contribution is 2.11. The molecule has 0 fully saturated rings. The van der Waals surface area contributed by atoms with Gasteiger partial charge in [-0.1, -0.05) is 30.7 Å². The second-order valence-corrected chi connectivity index (χ2v) is 3.79. The molecule has 4 heteroatoms. The van der Waals surface area contributed by atoms with Crippen LogP contribution in [0.2, 0.25) is 5.02 Å². The molecule has 1 aromatic carbocycles. The number of ketones is 2. The highest BCUT2D eigenvalue weighted by atomic mass is 35.5. The SMILES string of the molecule is CC(C)=O.CCC(C)=O.Fc1ccccc1Cl. The van der Waals surface area contributed by atoms with Crippen LogP contribution in [0.25, 0.3) is 0 Å². The zero-order valence-corrected chi connectivity index (χ0v) is 11.3. The van der Waals surface area contributed by atoms with E-state index in [2.05, 4.69) is 0 Å². The van der Waals surface area contributed by atoms with Crippen molar-refractivity contribution in [2.75, 3.05) is 0 Å². The Balaban J connectivity index is 0. The summed E-state index contributed by atoms with van der Waals surface area (Å²) in [5.41, 5.74) is 0. The highest BCUT2D eigenvalue weighted by Gasteiger charge is 1.91. The molecule has 0 aromatic heterocycles. The molecule has 0 aliphatic rings. The summed E-state index contributed by atoms with van der Waals surface area (Å²) in [5.74, 6) is 0.0548. The van der Waals surface area contributed by atoms with E-state index in [1.807, 2.05) is 6.92 Å². The molecular weight excluding hydrogens is 243 g/mol. The molecule has 0 saturated carbocycles. The molecule has 0 bridgehead atoms. The Morgan fingerprint density at radius 2 is 1.53 bits per heavy atom. The van der Waals surface area contributed by atoms with E-state index in [0.717, 1.165) is 0 Å². The summed E-state index contributed by atoms with van der Waals surface area (Å²) in [6.45, 7) is 6.49. The lowest BCUT2D eigenvalue weighted by Gasteiger charge is -1.86. The molecule has 0 radical (unpaired) electrons. The van der Waals surface area contributed by atoms with E-state index in [4.69, 9.17) is 11.6 Å². The van der Waals surface area contributed by atoms with E-state index in [1.165, 1.54) is 26.0 Å². The van der Waals surface area contributed by atoms with Gasteiger partial charge >= 0.3 is 0 Å². The van der Waals surface area contributed by atoms with Crippen molar-refractivity contribution in [2.24, 2.45) is 0 Å². The van der Waals surface area contributed by atoms with Gasteiger partial charge in [0.2, 0.25) is 0 Å². The van der Waals surface area contributed by atoms with Crippen LogP contribution in [0.15, 0.2) is 24.3 Å². The fourth-order valence-corrected chi connectivity index (χ4v) is 0.575. The molecule has 1 rings (SSSR count). The van der Waals surface area contributed by atoms with Gasteiger partial charge in [0.15, 0.2) is 0 Å². The molecule has 96 valence electrons. The van der Waals surface area contributed by atoms with Gasteiger partial charge in [0.25, 0.3) is 0 Å². The predicted octanol–water partition coefficient (Wildman–Crippen LogP) is 4.06. The van der Waals surface area contributed by atoms with Gasteiger partial charge in [-0.05, 0) is 32.9 Å². The van der Waals surface area contributed by atoms with Gasteiger partial charge < -0.3 is 9.59 Å². The molecule has 0 amide bonds. The average molecular weight is 261 g/mol. The minimum atomic E-state index is -0.367. The first-order valence-corrected chi connectivity index (χ1v) is 5.55. The average Bonchev–Trinajstić information content (AvgIpc) is 2.22. The van der Waals surface area contributed by atoms with E-state index >= 15 is 0 Å². The molecule has 2 nitrogen and oxygen atoms in total. The van der Waals surface area contributed by atoms with Crippen LogP contribution in [0.4, 0.5) is 4.39 Å². The normalized spacial score (nSPS) is 8.12. The molecule has 0 atom stereocenters. The van der Waals surface area contributed by atoms with Crippen molar-refractivity contribution in [2.45, 2.75) is 34.1 Å². The number of hydrogen-bond donors (Lipinski definition) is 0. The topological polar surface area (TPSA) is 34.1 Å². The number of Topliss-reactive ketones (excluding diaryl/α,β-unsaturated/α-hetero) is 2. The first-order chi connectivity index (χ1) is 7.81. The minimum absolute atomic E-state index is 0.167. The quantitative estimate of drug-likeness (QED) is 0.763. The van der Waals surface area contributed by atoms with Crippen LogP contribution in [0.3, 0.4) is 0 Å². The molecule has 0 saturated heterocycles. The zero-order valence-electron chi connectivity index (χ0n) is 10.6. The highest BCUT2D eigenvalue weighted by molar-refractivity contribution is 6.30. The van der Waals surface area contributed by atoms with Crippen molar-refractivity contribution in [1.82, 2.24) is 0 Å². The van der Waals surface area contributed by atoms with Crippen molar-refractivity contribution >= 4 is 23.2 Å². The van der Waals surface area contributed by atoms with Gasteiger partial charge in [-0.3, -0.25) is 0 Å². The molecule has 0 unspecified atom stereocenters. The lowest BCUT2D eigenvalue weighted by molar-refractivity contribution is -0.117. The summed E-state index contributed by atoms with van der Waals surface area (Å²) in [7, 11) is 0. The lowest BCUT2D eigenvalue weighted by Crippen LogP contribution is -1.80. The Bertz CT molecular complexity index is 326. The first kappa shape index (κ1) is 18.2. The van der Waals surface area contributed by atoms with Gasteiger partial charge in [-0.2, -0.15) is 0 Å². The molecular formula is C13H18ClFO2. The molecule has 17 heavy (non-hydrogen) atoms. The van der Waals surface area contributed by atoms with Crippen LogP contribution in [0.5, 0.6) is 0 Å². The maximum Gasteiger partial charge on any atom is 0.141 e. The number of carbonyl (C=O) groups excluding carboxylic acids is 2. The zero-order chi connectivity index (χ0) is 13.8. The van der Waals surface area contributed by atoms with Crippen molar-refractivity contribution in [3.63, 3.8) is 0 Å². The standard InChI is InChI=1S/C6H4ClF.C4H8O.C3H6O/c7-5-3-1-2-4-6(5)8;1-3-4(2)5;1-3(2)4/h1-4H;3H2,1-2H3;1-2H3. The summed E-state index contributed by atoms with van der Waals surface area (Å²) in [6, 6.07) is 6.12. The van der Waals surface area contributed by atoms with Gasteiger partial charge in [0.1, 0.15) is 17.4 Å². The Morgan fingerprint density at radius 1 is 1.18 bits per heavy atom. The Labute approximate surface area is 107 Å². The third kappa shape index (κ3) is 17.4. The third-order valence-corrected chi connectivity index (χ3v) is 1.63. The van der Waals surface area contributed by atoms with Gasteiger partial charge in [-0.25, -0.2) is 4.39 Å². The summed E-state index contributed by atoms with van der Waals surface area (Å²) >= 11 is 5.33. The maximum absolute atomic E-state index is 12.2. The molecule has 0 spiro atoms. The summed E-state index contributed by atoms with van der Waals surface area (Å²) in [5, 5.41) is 0.174. The number of hydrogen-bond acceptors (Lipinski definition) is 2. The first-order valence-electron chi connectivity index (χ1n) is 5.17. The van der Waals surface area contributed by atoms with Crippen LogP contribution >= 0.6 is 11.6 Å². The maximum atomic E-state index is 12.2. The van der Waals surface area contributed by atoms with Gasteiger partial charge in [0.05, 0.1) is 5.02 Å². The summed E-state index contributed by atoms with van der Waals surface area (Å²) < 4.78 is 12.2. The Kier molecular flexibility index (Phi) is 12.0. The minimum Gasteiger partial charge on any atom is -0.300 e. The Morgan fingerprint density at radius 3 is 1.71 bits per heavy atom. The van der Waals surface area contributed by atoms with Crippen LogP contribution in [0.1, 0.15) is 34.1 Å². The van der Waals surface area contributed by atoms with Gasteiger partial charge in [0, 0.05) is 6.42 Å². The summed E-state index contributed by atoms with van der Waals surface area (Å²) in [4.78, 5) is 19.3. The summed E-state index contributed by atoms with van der Waals surface area (Å²) in [6.07, 6.45) is 0.667. The van der Waals surface area contributed by atoms with E-state index in [9.17, 15) is 14.0 Å². The molecule has 1 aromatic rings. The number of benzene rings is 1. The van der Waals surface area contributed by atoms with Gasteiger partial charge in [-0.15, -0.1) is 0 Å². The molecule has 0 heterocycles. The molecule has 0 N–H and O–H groups in total. The van der Waals surface area contributed by atoms with Crippen molar-refractivity contribution < 1.29 is 14.0 Å². The second-order valence-electron chi connectivity index (χ2n) is 3.38. The van der Waals surface area contributed by atoms with Crippen LogP contribution in [0, 0.1) is 5.82 Å². The van der Waals surface area contributed by atoms with E-state index in [1.54, 1.807) is 19.1 Å². The number of rotatable bonds is 1. The van der Waals surface area contributed by atoms with Crippen molar-refractivity contribution in [3.8, 4) is 0 Å². The lowest BCUT2D eigenvalue weighted by atomic mass is 10.4. The van der Waals surface area contributed by atoms with E-state index in [-0.39, 0.29) is 22.4 Å². The molecule has 0 aliphatic carbocycles. The van der Waals surface area contributed by atoms with E-state index in [0.29, 0.717) is 6.42 Å². The van der Waals surface area contributed by atoms with Crippen LogP contribution in [-0.4, -0.2) is 11.6 Å². The largest absolute Gasteiger partial charge is 0.300 e. The fourth-order valence-electron chi connectivity index (χ4n) is 0.439. The van der Waals surface area contributed by atoms with Crippen LogP contribution < -0.4 is 0 Å². The number of carbonyl (C=O) groups is 2. The third-order valence-electron chi connectivity index (χ3n) is 1.32. The monoisotopic (exact) mass is 260 g/mol. The van der Waals surface area contributed by atoms with Crippen molar-refractivity contribution in [1.29, 1.82) is 0 Å². The van der Waals surface area contributed by atoms with Crippen molar-refractivity contribution in [3.05, 3.63) is 35.1 Å².